The first kappa shape index (κ1) is 19.4. The van der Waals surface area contributed by atoms with E-state index in [9.17, 15) is 9.59 Å². The quantitative estimate of drug-likeness (QED) is 0.710. The molecule has 0 radical (unpaired) electrons. The van der Waals surface area contributed by atoms with Gasteiger partial charge in [-0.05, 0) is 51.2 Å². The molecule has 3 rings (SSSR count). The zero-order chi connectivity index (χ0) is 18.9. The number of hydrogen-bond donors (Lipinski definition) is 0. The number of amides is 3. The molecule has 2 fully saturated rings. The molecule has 0 unspecified atom stereocenters. The van der Waals surface area contributed by atoms with Gasteiger partial charge in [0.1, 0.15) is 5.54 Å². The van der Waals surface area contributed by atoms with Gasteiger partial charge >= 0.3 is 6.03 Å². The number of rotatable bonds is 6. The van der Waals surface area contributed by atoms with Gasteiger partial charge in [-0.2, -0.15) is 0 Å². The number of aryl methyl sites for hydroxylation is 1. The fraction of sp³-hybridized carbons (Fsp3) is 0.700. The smallest absolute Gasteiger partial charge is 0.309 e. The van der Waals surface area contributed by atoms with Crippen LogP contribution in [0.1, 0.15) is 49.8 Å². The molecule has 1 aromatic heterocycles. The third-order valence-electron chi connectivity index (χ3n) is 5.73. The van der Waals surface area contributed by atoms with Crippen LogP contribution < -0.4 is 0 Å². The minimum atomic E-state index is -0.607. The van der Waals surface area contributed by atoms with Crippen LogP contribution >= 0.6 is 11.3 Å². The van der Waals surface area contributed by atoms with Crippen molar-refractivity contribution in [3.8, 4) is 0 Å². The number of nitrogens with zero attached hydrogens (tertiary/aromatic N) is 3. The first-order valence-electron chi connectivity index (χ1n) is 9.78. The van der Waals surface area contributed by atoms with Crippen LogP contribution in [0.5, 0.6) is 0 Å². The molecule has 1 spiro atoms. The lowest BCUT2D eigenvalue weighted by molar-refractivity contribution is -0.135. The van der Waals surface area contributed by atoms with Crippen LogP contribution in [-0.2, 0) is 11.3 Å². The van der Waals surface area contributed by atoms with Gasteiger partial charge < -0.3 is 4.90 Å². The van der Waals surface area contributed by atoms with Gasteiger partial charge in [0.05, 0.1) is 0 Å². The number of likely N-dealkylation sites (N-methyl/N-ethyl adjacent to an activating group) is 1. The highest BCUT2D eigenvalue weighted by molar-refractivity contribution is 7.11. The Labute approximate surface area is 161 Å². The summed E-state index contributed by atoms with van der Waals surface area (Å²) >= 11 is 1.84. The summed E-state index contributed by atoms with van der Waals surface area (Å²) in [5.74, 6) is 0.549. The van der Waals surface area contributed by atoms with Crippen LogP contribution in [0.2, 0.25) is 0 Å². The first-order chi connectivity index (χ1) is 12.4. The Bertz CT molecular complexity index is 662. The summed E-state index contributed by atoms with van der Waals surface area (Å²) in [5.41, 5.74) is -0.607. The van der Waals surface area contributed by atoms with Crippen molar-refractivity contribution in [2.24, 2.45) is 5.92 Å². The molecule has 2 aliphatic rings. The lowest BCUT2D eigenvalue weighted by Gasteiger charge is -2.42. The van der Waals surface area contributed by atoms with Crippen LogP contribution in [0.25, 0.3) is 0 Å². The van der Waals surface area contributed by atoms with Crippen molar-refractivity contribution >= 4 is 23.3 Å². The third-order valence-corrected chi connectivity index (χ3v) is 6.71. The average molecular weight is 378 g/mol. The zero-order valence-electron chi connectivity index (χ0n) is 16.5. The Balaban J connectivity index is 1.72. The average Bonchev–Trinajstić information content (AvgIpc) is 3.08. The summed E-state index contributed by atoms with van der Waals surface area (Å²) in [7, 11) is 0. The number of piperidine rings is 1. The fourth-order valence-corrected chi connectivity index (χ4v) is 5.05. The Kier molecular flexibility index (Phi) is 5.72. The number of carbonyl (C=O) groups is 2. The molecule has 0 atom stereocenters. The largest absolute Gasteiger partial charge is 0.327 e. The molecule has 0 saturated carbocycles. The van der Waals surface area contributed by atoms with Crippen molar-refractivity contribution in [1.29, 1.82) is 0 Å². The van der Waals surface area contributed by atoms with E-state index < -0.39 is 5.54 Å². The van der Waals surface area contributed by atoms with Crippen molar-refractivity contribution < 1.29 is 9.59 Å². The molecule has 0 bridgehead atoms. The van der Waals surface area contributed by atoms with Gasteiger partial charge in [0.15, 0.2) is 0 Å². The normalized spacial score (nSPS) is 20.8. The van der Waals surface area contributed by atoms with Crippen LogP contribution in [0, 0.1) is 12.8 Å². The fourth-order valence-electron chi connectivity index (χ4n) is 4.11. The van der Waals surface area contributed by atoms with Gasteiger partial charge in [-0.3, -0.25) is 14.6 Å². The van der Waals surface area contributed by atoms with E-state index in [-0.39, 0.29) is 11.9 Å². The van der Waals surface area contributed by atoms with Crippen molar-refractivity contribution in [1.82, 2.24) is 14.7 Å². The van der Waals surface area contributed by atoms with Crippen molar-refractivity contribution in [3.05, 3.63) is 21.9 Å². The maximum atomic E-state index is 13.1. The van der Waals surface area contributed by atoms with E-state index in [0.717, 1.165) is 38.9 Å². The highest BCUT2D eigenvalue weighted by atomic mass is 32.1. The number of urea groups is 1. The molecule has 2 aliphatic heterocycles. The van der Waals surface area contributed by atoms with Crippen molar-refractivity contribution in [3.63, 3.8) is 0 Å². The summed E-state index contributed by atoms with van der Waals surface area (Å²) in [6, 6.07) is 4.28. The Morgan fingerprint density at radius 1 is 1.19 bits per heavy atom. The topological polar surface area (TPSA) is 43.9 Å². The van der Waals surface area contributed by atoms with E-state index in [2.05, 4.69) is 37.8 Å². The molecule has 6 heteroatoms. The SMILES string of the molecule is CCN1C(=O)N(CCC(C)C)C2(CCN(Cc3ccc(C)s3)CC2)C1=O. The van der Waals surface area contributed by atoms with Gasteiger partial charge in [-0.25, -0.2) is 4.79 Å². The summed E-state index contributed by atoms with van der Waals surface area (Å²) in [5, 5.41) is 0. The molecule has 5 nitrogen and oxygen atoms in total. The molecular weight excluding hydrogens is 346 g/mol. The van der Waals surface area contributed by atoms with Crippen LogP contribution in [0.4, 0.5) is 4.79 Å². The van der Waals surface area contributed by atoms with Gasteiger partial charge in [0, 0.05) is 42.5 Å². The molecule has 3 heterocycles. The minimum absolute atomic E-state index is 0.0281. The molecule has 1 aromatic rings. The van der Waals surface area contributed by atoms with E-state index in [0.29, 0.717) is 19.0 Å². The maximum Gasteiger partial charge on any atom is 0.327 e. The Morgan fingerprint density at radius 2 is 1.88 bits per heavy atom. The van der Waals surface area contributed by atoms with Crippen LogP contribution in [0.3, 0.4) is 0 Å². The predicted octanol–water partition coefficient (Wildman–Crippen LogP) is 3.72. The predicted molar refractivity (Wildman–Crippen MR) is 105 cm³/mol. The van der Waals surface area contributed by atoms with Crippen LogP contribution in [-0.4, -0.2) is 58.4 Å². The van der Waals surface area contributed by atoms with Crippen molar-refractivity contribution in [2.45, 2.75) is 59.0 Å². The van der Waals surface area contributed by atoms with E-state index >= 15 is 0 Å². The second-order valence-corrected chi connectivity index (χ2v) is 9.36. The van der Waals surface area contributed by atoms with Crippen LogP contribution in [0.15, 0.2) is 12.1 Å². The lowest BCUT2D eigenvalue weighted by Crippen LogP contribution is -2.56. The highest BCUT2D eigenvalue weighted by Crippen LogP contribution is 2.38. The summed E-state index contributed by atoms with van der Waals surface area (Å²) < 4.78 is 0. The molecule has 2 saturated heterocycles. The highest BCUT2D eigenvalue weighted by Gasteiger charge is 2.57. The second-order valence-electron chi connectivity index (χ2n) is 7.99. The van der Waals surface area contributed by atoms with E-state index in [1.807, 2.05) is 23.2 Å². The minimum Gasteiger partial charge on any atom is -0.309 e. The van der Waals surface area contributed by atoms with E-state index in [4.69, 9.17) is 0 Å². The van der Waals surface area contributed by atoms with Gasteiger partial charge in [0.2, 0.25) is 0 Å². The molecule has 3 amide bonds. The number of hydrogen-bond acceptors (Lipinski definition) is 4. The van der Waals surface area contributed by atoms with Gasteiger partial charge in [-0.1, -0.05) is 13.8 Å². The monoisotopic (exact) mass is 377 g/mol. The Hall–Kier alpha value is -1.40. The zero-order valence-corrected chi connectivity index (χ0v) is 17.3. The Morgan fingerprint density at radius 3 is 2.42 bits per heavy atom. The third kappa shape index (κ3) is 3.54. The summed E-state index contributed by atoms with van der Waals surface area (Å²) in [4.78, 5) is 34.4. The molecule has 0 N–H and O–H groups in total. The summed E-state index contributed by atoms with van der Waals surface area (Å²) in [6.45, 7) is 12.2. The lowest BCUT2D eigenvalue weighted by atomic mass is 9.85. The number of carbonyl (C=O) groups excluding carboxylic acids is 2. The van der Waals surface area contributed by atoms with E-state index in [1.165, 1.54) is 14.7 Å². The van der Waals surface area contributed by atoms with E-state index in [1.54, 1.807) is 0 Å². The standard InChI is InChI=1S/C20H31N3O2S/c1-5-22-18(24)20(23(19(22)25)11-8-15(2)3)9-12-21(13-10-20)14-17-7-6-16(4)26-17/h6-7,15H,5,8-14H2,1-4H3. The molecule has 0 aromatic carbocycles. The number of likely N-dealkylation sites (tertiary alicyclic amines) is 1. The molecule has 26 heavy (non-hydrogen) atoms. The summed E-state index contributed by atoms with van der Waals surface area (Å²) in [6.07, 6.45) is 2.43. The molecule has 0 aliphatic carbocycles. The van der Waals surface area contributed by atoms with Gasteiger partial charge in [-0.15, -0.1) is 11.3 Å². The van der Waals surface area contributed by atoms with Crippen molar-refractivity contribution in [2.75, 3.05) is 26.2 Å². The number of imide groups is 1. The maximum absolute atomic E-state index is 13.1. The molecule has 144 valence electrons. The number of thiophene rings is 1. The van der Waals surface area contributed by atoms with Gasteiger partial charge in [0.25, 0.3) is 5.91 Å². The molecular formula is C20H31N3O2S. The second kappa shape index (κ2) is 7.69. The first-order valence-corrected chi connectivity index (χ1v) is 10.6.